The van der Waals surface area contributed by atoms with Crippen molar-refractivity contribution in [2.75, 3.05) is 7.11 Å². The molecular weight excluding hydrogens is 217 g/mol. The molecule has 0 saturated carbocycles. The Balaban J connectivity index is 2.14. The predicted molar refractivity (Wildman–Crippen MR) is 66.1 cm³/mol. The molecule has 0 saturated heterocycles. The number of aromatic nitrogens is 1. The van der Waals surface area contributed by atoms with Crippen LogP contribution >= 0.6 is 0 Å². The maximum Gasteiger partial charge on any atom is 0.142 e. The third-order valence-corrected chi connectivity index (χ3v) is 2.31. The zero-order valence-corrected chi connectivity index (χ0v) is 9.43. The minimum atomic E-state index is -0.332. The van der Waals surface area contributed by atoms with Gasteiger partial charge in [0.15, 0.2) is 0 Å². The average molecular weight is 229 g/mol. The number of methoxy groups -OCH3 is 1. The highest BCUT2D eigenvalue weighted by molar-refractivity contribution is 5.69. The van der Waals surface area contributed by atoms with Crippen LogP contribution in [0.1, 0.15) is 11.1 Å². The minimum Gasteiger partial charge on any atom is -0.497 e. The van der Waals surface area contributed by atoms with Crippen LogP contribution < -0.4 is 4.74 Å². The highest BCUT2D eigenvalue weighted by atomic mass is 19.1. The lowest BCUT2D eigenvalue weighted by atomic mass is 10.1. The zero-order valence-electron chi connectivity index (χ0n) is 9.43. The number of hydrogen-bond donors (Lipinski definition) is 0. The molecule has 0 atom stereocenters. The van der Waals surface area contributed by atoms with Gasteiger partial charge in [0.2, 0.25) is 0 Å². The molecule has 0 aliphatic rings. The summed E-state index contributed by atoms with van der Waals surface area (Å²) in [4.78, 5) is 3.78. The van der Waals surface area contributed by atoms with E-state index in [1.165, 1.54) is 12.3 Å². The lowest BCUT2D eigenvalue weighted by Gasteiger charge is -1.99. The van der Waals surface area contributed by atoms with Gasteiger partial charge in [-0.2, -0.15) is 0 Å². The second-order valence-corrected chi connectivity index (χ2v) is 3.54. The summed E-state index contributed by atoms with van der Waals surface area (Å²) in [6.07, 6.45) is 6.52. The van der Waals surface area contributed by atoms with Gasteiger partial charge in [0, 0.05) is 6.20 Å². The number of hydrogen-bond acceptors (Lipinski definition) is 2. The molecule has 0 amide bonds. The Bertz CT molecular complexity index is 520. The first kappa shape index (κ1) is 11.3. The van der Waals surface area contributed by atoms with Crippen molar-refractivity contribution in [2.24, 2.45) is 0 Å². The summed E-state index contributed by atoms with van der Waals surface area (Å²) >= 11 is 0. The number of halogens is 1. The topological polar surface area (TPSA) is 22.1 Å². The van der Waals surface area contributed by atoms with E-state index in [1.54, 1.807) is 13.3 Å². The van der Waals surface area contributed by atoms with Crippen LogP contribution in [-0.2, 0) is 0 Å². The smallest absolute Gasteiger partial charge is 0.142 e. The molecular formula is C14H12FNO. The van der Waals surface area contributed by atoms with Crippen LogP contribution in [0.5, 0.6) is 5.75 Å². The Kier molecular flexibility index (Phi) is 3.50. The molecule has 1 aromatic carbocycles. The van der Waals surface area contributed by atoms with Crippen LogP contribution in [0.3, 0.4) is 0 Å². The van der Waals surface area contributed by atoms with E-state index in [1.807, 2.05) is 36.4 Å². The van der Waals surface area contributed by atoms with E-state index in [0.29, 0.717) is 0 Å². The average Bonchev–Trinajstić information content (AvgIpc) is 2.37. The van der Waals surface area contributed by atoms with E-state index < -0.39 is 0 Å². The molecule has 1 heterocycles. The van der Waals surface area contributed by atoms with E-state index >= 15 is 0 Å². The Morgan fingerprint density at radius 1 is 1.06 bits per heavy atom. The summed E-state index contributed by atoms with van der Waals surface area (Å²) in [7, 11) is 1.63. The molecule has 2 nitrogen and oxygen atoms in total. The molecule has 0 unspecified atom stereocenters. The van der Waals surface area contributed by atoms with Crippen molar-refractivity contribution in [1.82, 2.24) is 4.98 Å². The number of nitrogens with zero attached hydrogens (tertiary/aromatic N) is 1. The van der Waals surface area contributed by atoms with Crippen molar-refractivity contribution in [3.05, 3.63) is 59.7 Å². The van der Waals surface area contributed by atoms with Gasteiger partial charge in [-0.15, -0.1) is 0 Å². The van der Waals surface area contributed by atoms with Crippen molar-refractivity contribution in [3.63, 3.8) is 0 Å². The lowest BCUT2D eigenvalue weighted by molar-refractivity contribution is 0.415. The fourth-order valence-electron chi connectivity index (χ4n) is 1.43. The summed E-state index contributed by atoms with van der Waals surface area (Å²) in [6.45, 7) is 0. The van der Waals surface area contributed by atoms with Crippen molar-refractivity contribution < 1.29 is 9.13 Å². The van der Waals surface area contributed by atoms with Crippen molar-refractivity contribution in [1.29, 1.82) is 0 Å². The minimum absolute atomic E-state index is 0.332. The van der Waals surface area contributed by atoms with Crippen LogP contribution in [0.15, 0.2) is 42.7 Å². The Hall–Kier alpha value is -2.16. The van der Waals surface area contributed by atoms with Gasteiger partial charge < -0.3 is 4.74 Å². The molecule has 0 N–H and O–H groups in total. The summed E-state index contributed by atoms with van der Waals surface area (Å²) < 4.78 is 17.9. The van der Waals surface area contributed by atoms with Crippen LogP contribution in [-0.4, -0.2) is 12.1 Å². The summed E-state index contributed by atoms with van der Waals surface area (Å²) in [5, 5.41) is 0. The van der Waals surface area contributed by atoms with Crippen molar-refractivity contribution in [2.45, 2.75) is 0 Å². The SMILES string of the molecule is COc1ccc(C=Cc2cncc(F)c2)cc1. The standard InChI is InChI=1S/C14H12FNO/c1-17-14-6-4-11(5-7-14)2-3-12-8-13(15)10-16-9-12/h2-10H,1H3. The highest BCUT2D eigenvalue weighted by Crippen LogP contribution is 2.13. The molecule has 3 heteroatoms. The van der Waals surface area contributed by atoms with E-state index in [2.05, 4.69) is 4.98 Å². The van der Waals surface area contributed by atoms with Gasteiger partial charge in [-0.1, -0.05) is 24.3 Å². The fraction of sp³-hybridized carbons (Fsp3) is 0.0714. The number of pyridine rings is 1. The first-order valence-corrected chi connectivity index (χ1v) is 5.20. The van der Waals surface area contributed by atoms with Crippen molar-refractivity contribution in [3.8, 4) is 5.75 Å². The molecule has 0 aliphatic heterocycles. The van der Waals surface area contributed by atoms with E-state index in [0.717, 1.165) is 16.9 Å². The first-order chi connectivity index (χ1) is 8.28. The Morgan fingerprint density at radius 2 is 1.76 bits per heavy atom. The quantitative estimate of drug-likeness (QED) is 0.804. The lowest BCUT2D eigenvalue weighted by Crippen LogP contribution is -1.82. The summed E-state index contributed by atoms with van der Waals surface area (Å²) in [5.41, 5.74) is 1.76. The maximum atomic E-state index is 12.9. The van der Waals surface area contributed by atoms with Crippen LogP contribution in [0.2, 0.25) is 0 Å². The van der Waals surface area contributed by atoms with Gasteiger partial charge in [-0.25, -0.2) is 4.39 Å². The first-order valence-electron chi connectivity index (χ1n) is 5.20. The molecule has 0 spiro atoms. The van der Waals surface area contributed by atoms with E-state index in [-0.39, 0.29) is 5.82 Å². The van der Waals surface area contributed by atoms with Gasteiger partial charge in [-0.3, -0.25) is 4.98 Å². The third kappa shape index (κ3) is 3.14. The Morgan fingerprint density at radius 3 is 2.41 bits per heavy atom. The largest absolute Gasteiger partial charge is 0.497 e. The number of benzene rings is 1. The van der Waals surface area contributed by atoms with Crippen LogP contribution in [0.25, 0.3) is 12.2 Å². The van der Waals surface area contributed by atoms with Gasteiger partial charge >= 0.3 is 0 Å². The van der Waals surface area contributed by atoms with Gasteiger partial charge in [0.25, 0.3) is 0 Å². The normalized spacial score (nSPS) is 10.7. The molecule has 17 heavy (non-hydrogen) atoms. The van der Waals surface area contributed by atoms with Crippen LogP contribution in [0, 0.1) is 5.82 Å². The molecule has 1 aromatic heterocycles. The second-order valence-electron chi connectivity index (χ2n) is 3.54. The monoisotopic (exact) mass is 229 g/mol. The molecule has 0 fully saturated rings. The molecule has 0 aliphatic carbocycles. The number of ether oxygens (including phenoxy) is 1. The van der Waals surface area contributed by atoms with Gasteiger partial charge in [-0.05, 0) is 29.3 Å². The molecule has 2 rings (SSSR count). The molecule has 86 valence electrons. The molecule has 0 radical (unpaired) electrons. The second kappa shape index (κ2) is 5.25. The van der Waals surface area contributed by atoms with Gasteiger partial charge in [0.1, 0.15) is 11.6 Å². The third-order valence-electron chi connectivity index (χ3n) is 2.31. The molecule has 2 aromatic rings. The van der Waals surface area contributed by atoms with E-state index in [9.17, 15) is 4.39 Å². The van der Waals surface area contributed by atoms with Crippen LogP contribution in [0.4, 0.5) is 4.39 Å². The zero-order chi connectivity index (χ0) is 12.1. The highest BCUT2D eigenvalue weighted by Gasteiger charge is 1.93. The van der Waals surface area contributed by atoms with E-state index in [4.69, 9.17) is 4.74 Å². The summed E-state index contributed by atoms with van der Waals surface area (Å²) in [5.74, 6) is 0.483. The van der Waals surface area contributed by atoms with Gasteiger partial charge in [0.05, 0.1) is 13.3 Å². The van der Waals surface area contributed by atoms with Crippen molar-refractivity contribution >= 4 is 12.2 Å². The Labute approximate surface area is 99.4 Å². The fourth-order valence-corrected chi connectivity index (χ4v) is 1.43. The maximum absolute atomic E-state index is 12.9. The molecule has 0 bridgehead atoms. The summed E-state index contributed by atoms with van der Waals surface area (Å²) in [6, 6.07) is 9.06. The number of rotatable bonds is 3. The predicted octanol–water partition coefficient (Wildman–Crippen LogP) is 3.40.